The van der Waals surface area contributed by atoms with Crippen molar-refractivity contribution in [3.8, 4) is 11.5 Å². The summed E-state index contributed by atoms with van der Waals surface area (Å²) in [7, 11) is -3.77. The van der Waals surface area contributed by atoms with Crippen LogP contribution in [0, 0.1) is 0 Å². The monoisotopic (exact) mass is 556 g/mol. The first kappa shape index (κ1) is 26.1. The normalized spacial score (nSPS) is 17.8. The van der Waals surface area contributed by atoms with E-state index in [4.69, 9.17) is 26.2 Å². The molecule has 0 unspecified atom stereocenters. The molecule has 0 bridgehead atoms. The molecule has 0 aliphatic carbocycles. The number of nitrogens with zero attached hydrogens (tertiary/aromatic N) is 2. The minimum absolute atomic E-state index is 0.102. The average molecular weight is 557 g/mol. The number of H-pyrrole nitrogens is 1. The number of para-hydroxylation sites is 1. The number of rotatable bonds is 9. The van der Waals surface area contributed by atoms with Gasteiger partial charge in [-0.15, -0.1) is 0 Å². The van der Waals surface area contributed by atoms with Crippen molar-refractivity contribution in [1.29, 1.82) is 0 Å². The quantitative estimate of drug-likeness (QED) is 0.228. The van der Waals surface area contributed by atoms with Crippen LogP contribution in [0.25, 0.3) is 11.0 Å². The second-order valence-electron chi connectivity index (χ2n) is 8.80. The third-order valence-corrected chi connectivity index (χ3v) is 6.98. The van der Waals surface area contributed by atoms with Crippen molar-refractivity contribution in [2.45, 2.75) is 25.0 Å². The van der Waals surface area contributed by atoms with Crippen molar-refractivity contribution in [2.24, 2.45) is 5.14 Å². The zero-order valence-electron chi connectivity index (χ0n) is 20.1. The minimum atomic E-state index is -3.77. The molecule has 11 nitrogen and oxygen atoms in total. The number of nitrogens with one attached hydrogen (secondary N) is 3. The molecule has 5 rings (SSSR count). The highest BCUT2D eigenvalue weighted by Gasteiger charge is 2.25. The zero-order valence-corrected chi connectivity index (χ0v) is 21.6. The van der Waals surface area contributed by atoms with E-state index in [-0.39, 0.29) is 29.5 Å². The molecule has 13 heteroatoms. The molecular weight excluding hydrogens is 532 g/mol. The molecule has 1 fully saturated rings. The van der Waals surface area contributed by atoms with Gasteiger partial charge in [0.15, 0.2) is 5.78 Å². The SMILES string of the molecule is NS(=O)(=O)NC[C@@H]1CC[C@@H](Nc2ncnc3[nH]cc(C(=O)c4ccc(Oc5ccccc5)cc4Cl)c23)CO1. The summed E-state index contributed by atoms with van der Waals surface area (Å²) >= 11 is 6.50. The number of benzene rings is 2. The van der Waals surface area contributed by atoms with Crippen LogP contribution in [0.1, 0.15) is 28.8 Å². The van der Waals surface area contributed by atoms with Gasteiger partial charge in [-0.05, 0) is 37.1 Å². The van der Waals surface area contributed by atoms with Gasteiger partial charge in [0, 0.05) is 24.4 Å². The number of aromatic nitrogens is 3. The van der Waals surface area contributed by atoms with Gasteiger partial charge in [0.25, 0.3) is 10.2 Å². The number of anilines is 1. The van der Waals surface area contributed by atoms with Gasteiger partial charge in [0.1, 0.15) is 29.3 Å². The van der Waals surface area contributed by atoms with Crippen LogP contribution in [0.4, 0.5) is 5.82 Å². The van der Waals surface area contributed by atoms with Crippen LogP contribution in [-0.2, 0) is 14.9 Å². The zero-order chi connectivity index (χ0) is 26.7. The van der Waals surface area contributed by atoms with Crippen molar-refractivity contribution < 1.29 is 22.7 Å². The molecule has 5 N–H and O–H groups in total. The van der Waals surface area contributed by atoms with Gasteiger partial charge in [0.05, 0.1) is 34.7 Å². The fourth-order valence-corrected chi connectivity index (χ4v) is 4.92. The fraction of sp³-hybridized carbons (Fsp3) is 0.240. The van der Waals surface area contributed by atoms with Crippen LogP contribution >= 0.6 is 11.6 Å². The van der Waals surface area contributed by atoms with Crippen LogP contribution in [0.3, 0.4) is 0 Å². The Hall–Kier alpha value is -3.55. The van der Waals surface area contributed by atoms with E-state index >= 15 is 0 Å². The first-order valence-corrected chi connectivity index (χ1v) is 13.7. The summed E-state index contributed by atoms with van der Waals surface area (Å²) in [5.74, 6) is 1.36. The Morgan fingerprint density at radius 1 is 1.13 bits per heavy atom. The third kappa shape index (κ3) is 6.11. The predicted molar refractivity (Wildman–Crippen MR) is 143 cm³/mol. The van der Waals surface area contributed by atoms with Crippen LogP contribution in [0.5, 0.6) is 11.5 Å². The molecule has 38 heavy (non-hydrogen) atoms. The molecule has 4 aromatic rings. The maximum atomic E-state index is 13.5. The van der Waals surface area contributed by atoms with E-state index in [1.807, 2.05) is 30.3 Å². The fourth-order valence-electron chi connectivity index (χ4n) is 4.25. The molecule has 2 aromatic heterocycles. The summed E-state index contributed by atoms with van der Waals surface area (Å²) in [6.45, 7) is 0.431. The van der Waals surface area contributed by atoms with E-state index in [1.165, 1.54) is 6.33 Å². The molecule has 0 saturated carbocycles. The minimum Gasteiger partial charge on any atom is -0.457 e. The molecule has 0 radical (unpaired) electrons. The van der Waals surface area contributed by atoms with Crippen molar-refractivity contribution in [3.63, 3.8) is 0 Å². The second-order valence-corrected chi connectivity index (χ2v) is 10.6. The number of ketones is 1. The smallest absolute Gasteiger partial charge is 0.274 e. The summed E-state index contributed by atoms with van der Waals surface area (Å²) in [6, 6.07) is 14.1. The van der Waals surface area contributed by atoms with Gasteiger partial charge in [-0.1, -0.05) is 29.8 Å². The molecule has 1 aliphatic heterocycles. The number of aromatic amines is 1. The largest absolute Gasteiger partial charge is 0.457 e. The topological polar surface area (TPSA) is 161 Å². The molecule has 1 saturated heterocycles. The number of carbonyl (C=O) groups excluding carboxylic acids is 1. The van der Waals surface area contributed by atoms with E-state index in [0.717, 1.165) is 0 Å². The van der Waals surface area contributed by atoms with Crippen molar-refractivity contribution in [1.82, 2.24) is 19.7 Å². The first-order chi connectivity index (χ1) is 18.3. The number of fused-ring (bicyclic) bond motifs is 1. The molecule has 1 aliphatic rings. The summed E-state index contributed by atoms with van der Waals surface area (Å²) in [5, 5.41) is 9.12. The second kappa shape index (κ2) is 11.1. The maximum absolute atomic E-state index is 13.5. The third-order valence-electron chi connectivity index (χ3n) is 6.10. The van der Waals surface area contributed by atoms with Gasteiger partial charge in [-0.25, -0.2) is 15.1 Å². The average Bonchev–Trinajstić information content (AvgIpc) is 3.34. The molecule has 2 aromatic carbocycles. The highest BCUT2D eigenvalue weighted by Crippen LogP contribution is 2.32. The Bertz CT molecular complexity index is 1560. The van der Waals surface area contributed by atoms with Crippen LogP contribution in [-0.4, -0.2) is 54.5 Å². The van der Waals surface area contributed by atoms with Crippen molar-refractivity contribution >= 4 is 44.4 Å². The lowest BCUT2D eigenvalue weighted by Gasteiger charge is -2.30. The molecule has 2 atom stereocenters. The van der Waals surface area contributed by atoms with Gasteiger partial charge < -0.3 is 19.8 Å². The molecule has 0 spiro atoms. The number of halogens is 1. The summed E-state index contributed by atoms with van der Waals surface area (Å²) < 4.78 is 36.1. The van der Waals surface area contributed by atoms with Gasteiger partial charge in [0.2, 0.25) is 0 Å². The number of ether oxygens (including phenoxy) is 2. The van der Waals surface area contributed by atoms with Crippen LogP contribution in [0.2, 0.25) is 5.02 Å². The van der Waals surface area contributed by atoms with Gasteiger partial charge >= 0.3 is 0 Å². The highest BCUT2D eigenvalue weighted by atomic mass is 35.5. The lowest BCUT2D eigenvalue weighted by atomic mass is 10.0. The highest BCUT2D eigenvalue weighted by molar-refractivity contribution is 7.87. The van der Waals surface area contributed by atoms with Gasteiger partial charge in [-0.2, -0.15) is 13.1 Å². The number of hydrogen-bond donors (Lipinski definition) is 4. The van der Waals surface area contributed by atoms with Crippen LogP contribution < -0.4 is 19.9 Å². The number of carbonyl (C=O) groups is 1. The Kier molecular flexibility index (Phi) is 7.58. The van der Waals surface area contributed by atoms with E-state index in [2.05, 4.69) is 25.0 Å². The Morgan fingerprint density at radius 2 is 1.95 bits per heavy atom. The summed E-state index contributed by atoms with van der Waals surface area (Å²) in [4.78, 5) is 25.2. The Morgan fingerprint density at radius 3 is 2.66 bits per heavy atom. The lowest BCUT2D eigenvalue weighted by Crippen LogP contribution is -2.42. The van der Waals surface area contributed by atoms with E-state index in [9.17, 15) is 13.2 Å². The molecular formula is C25H25ClN6O5S. The molecule has 0 amide bonds. The van der Waals surface area contributed by atoms with E-state index < -0.39 is 10.2 Å². The number of nitrogens with two attached hydrogens (primary N) is 1. The van der Waals surface area contributed by atoms with Gasteiger partial charge in [-0.3, -0.25) is 4.79 Å². The van der Waals surface area contributed by atoms with Crippen molar-refractivity contribution in [2.75, 3.05) is 18.5 Å². The van der Waals surface area contributed by atoms with Crippen LogP contribution in [0.15, 0.2) is 61.1 Å². The molecule has 198 valence electrons. The molecule has 3 heterocycles. The van der Waals surface area contributed by atoms with E-state index in [0.29, 0.717) is 58.9 Å². The number of hydrogen-bond acceptors (Lipinski definition) is 8. The summed E-state index contributed by atoms with van der Waals surface area (Å²) in [5.41, 5.74) is 1.18. The lowest BCUT2D eigenvalue weighted by molar-refractivity contribution is 0.0132. The van der Waals surface area contributed by atoms with Crippen molar-refractivity contribution in [3.05, 3.63) is 77.2 Å². The maximum Gasteiger partial charge on any atom is 0.274 e. The Balaban J connectivity index is 1.32. The predicted octanol–water partition coefficient (Wildman–Crippen LogP) is 3.39. The Labute approximate surface area is 223 Å². The summed E-state index contributed by atoms with van der Waals surface area (Å²) in [6.07, 6.45) is 4.02. The first-order valence-electron chi connectivity index (χ1n) is 11.8. The van der Waals surface area contributed by atoms with E-state index in [1.54, 1.807) is 24.4 Å². The standard InChI is InChI=1S/C25H25ClN6O5S/c26-21-10-17(37-16-4-2-1-3-5-16)8-9-19(21)23(33)20-12-28-24-22(20)25(30-14-29-24)32-15-6-7-18(36-13-15)11-31-38(27,34)35/h1-5,8-10,12,14-15,18,31H,6-7,11,13H2,(H2,27,34,35)(H2,28,29,30,32)/t15-,18+/m1/s1.